The van der Waals surface area contributed by atoms with E-state index in [1.54, 1.807) is 0 Å². The Labute approximate surface area is 169 Å². The zero-order valence-electron chi connectivity index (χ0n) is 11.9. The van der Waals surface area contributed by atoms with Crippen LogP contribution in [0.15, 0.2) is 0 Å². The zero-order valence-corrected chi connectivity index (χ0v) is 18.4. The number of nitrogen functional groups attached to an aromatic ring is 2. The van der Waals surface area contributed by atoms with Crippen LogP contribution in [0.2, 0.25) is 0 Å². The Kier molecular flexibility index (Phi) is 7.91. The van der Waals surface area contributed by atoms with Gasteiger partial charge in [-0.2, -0.15) is 0 Å². The molecule has 0 bridgehead atoms. The number of halogens is 3. The van der Waals surface area contributed by atoms with Gasteiger partial charge in [0.2, 0.25) is 0 Å². The zero-order chi connectivity index (χ0) is 17.0. The molecular weight excluding hydrogens is 629 g/mol. The Hall–Kier alpha value is -0.0500. The van der Waals surface area contributed by atoms with Crippen LogP contribution in [-0.2, 0) is 25.5 Å². The second-order valence-corrected chi connectivity index (χ2v) is 7.72. The molecule has 0 aromatic heterocycles. The smallest absolute Gasteiger partial charge is 0.303 e. The minimum absolute atomic E-state index is 0.00707. The Morgan fingerprint density at radius 3 is 1.91 bits per heavy atom. The van der Waals surface area contributed by atoms with Crippen LogP contribution in [0.3, 0.4) is 0 Å². The molecule has 0 saturated heterocycles. The minimum atomic E-state index is -0.581. The van der Waals surface area contributed by atoms with Crippen molar-refractivity contribution in [3.63, 3.8) is 0 Å². The van der Waals surface area contributed by atoms with Crippen molar-refractivity contribution in [2.45, 2.75) is 26.4 Å². The standard InChI is InChI=1S/C13H15I3N2O4/c1-5(19)21-4-7(22-6(2)20)3-8-9(14)12(17)11(16)13(18)10(8)15/h7H,3-4,17-18H2,1-2H3. The van der Waals surface area contributed by atoms with Crippen molar-refractivity contribution in [2.75, 3.05) is 18.1 Å². The molecular formula is C13H15I3N2O4. The van der Waals surface area contributed by atoms with Gasteiger partial charge >= 0.3 is 11.9 Å². The summed E-state index contributed by atoms with van der Waals surface area (Å²) in [5.41, 5.74) is 14.2. The van der Waals surface area contributed by atoms with E-state index in [9.17, 15) is 9.59 Å². The third-order valence-electron chi connectivity index (χ3n) is 2.71. The summed E-state index contributed by atoms with van der Waals surface area (Å²) in [5.74, 6) is -0.864. The molecule has 0 amide bonds. The van der Waals surface area contributed by atoms with Crippen LogP contribution >= 0.6 is 67.8 Å². The van der Waals surface area contributed by atoms with Gasteiger partial charge in [0.05, 0.1) is 14.9 Å². The Morgan fingerprint density at radius 1 is 1.00 bits per heavy atom. The van der Waals surface area contributed by atoms with Crippen molar-refractivity contribution in [1.82, 2.24) is 0 Å². The average molecular weight is 644 g/mol. The molecule has 0 fully saturated rings. The predicted octanol–water partition coefficient (Wildman–Crippen LogP) is 2.70. The first kappa shape index (κ1) is 20.0. The van der Waals surface area contributed by atoms with Gasteiger partial charge in [-0.1, -0.05) is 0 Å². The maximum atomic E-state index is 11.2. The van der Waals surface area contributed by atoms with Gasteiger partial charge < -0.3 is 20.9 Å². The van der Waals surface area contributed by atoms with E-state index in [0.717, 1.165) is 16.3 Å². The summed E-state index contributed by atoms with van der Waals surface area (Å²) >= 11 is 6.39. The number of hydrogen-bond acceptors (Lipinski definition) is 6. The molecule has 1 atom stereocenters. The van der Waals surface area contributed by atoms with Gasteiger partial charge in [-0.15, -0.1) is 0 Å². The van der Waals surface area contributed by atoms with E-state index in [4.69, 9.17) is 20.9 Å². The number of rotatable bonds is 5. The highest BCUT2D eigenvalue weighted by molar-refractivity contribution is 14.1. The fourth-order valence-electron chi connectivity index (χ4n) is 1.75. The monoisotopic (exact) mass is 644 g/mol. The number of carbonyl (C=O) groups excluding carboxylic acids is 2. The van der Waals surface area contributed by atoms with E-state index in [0.29, 0.717) is 17.8 Å². The number of hydrogen-bond donors (Lipinski definition) is 2. The van der Waals surface area contributed by atoms with E-state index in [1.165, 1.54) is 13.8 Å². The molecule has 0 aliphatic rings. The van der Waals surface area contributed by atoms with Gasteiger partial charge in [0.15, 0.2) is 0 Å². The largest absolute Gasteiger partial charge is 0.462 e. The molecule has 1 rings (SSSR count). The highest BCUT2D eigenvalue weighted by Crippen LogP contribution is 2.36. The van der Waals surface area contributed by atoms with Crippen molar-refractivity contribution < 1.29 is 19.1 Å². The lowest BCUT2D eigenvalue weighted by molar-refractivity contribution is -0.156. The number of esters is 2. The van der Waals surface area contributed by atoms with Gasteiger partial charge in [-0.05, 0) is 73.3 Å². The van der Waals surface area contributed by atoms with Crippen molar-refractivity contribution in [3.8, 4) is 0 Å². The van der Waals surface area contributed by atoms with Crippen LogP contribution in [0.1, 0.15) is 19.4 Å². The summed E-state index contributed by atoms with van der Waals surface area (Å²) in [6.45, 7) is 2.61. The third kappa shape index (κ3) is 5.25. The molecule has 0 spiro atoms. The Bertz CT molecular complexity index is 578. The number of nitrogens with two attached hydrogens (primary N) is 2. The second-order valence-electron chi connectivity index (χ2n) is 4.49. The second kappa shape index (κ2) is 8.70. The topological polar surface area (TPSA) is 105 Å². The molecule has 0 radical (unpaired) electrons. The minimum Gasteiger partial charge on any atom is -0.462 e. The molecule has 0 heterocycles. The normalized spacial score (nSPS) is 11.9. The van der Waals surface area contributed by atoms with Crippen LogP contribution < -0.4 is 11.5 Å². The summed E-state index contributed by atoms with van der Waals surface area (Å²) < 4.78 is 12.7. The van der Waals surface area contributed by atoms with Crippen LogP contribution in [0.4, 0.5) is 11.4 Å². The first-order valence-corrected chi connectivity index (χ1v) is 9.39. The fraction of sp³-hybridized carbons (Fsp3) is 0.385. The summed E-state index contributed by atoms with van der Waals surface area (Å²) in [5, 5.41) is 0. The van der Waals surface area contributed by atoms with E-state index in [1.807, 2.05) is 0 Å². The highest BCUT2D eigenvalue weighted by atomic mass is 127. The highest BCUT2D eigenvalue weighted by Gasteiger charge is 2.22. The molecule has 4 N–H and O–H groups in total. The number of anilines is 2. The lowest BCUT2D eigenvalue weighted by atomic mass is 10.1. The van der Waals surface area contributed by atoms with Gasteiger partial charge in [-0.25, -0.2) is 0 Å². The summed E-state index contributed by atoms with van der Waals surface area (Å²) in [4.78, 5) is 22.2. The van der Waals surface area contributed by atoms with Crippen LogP contribution in [0, 0.1) is 10.7 Å². The SMILES string of the molecule is CC(=O)OCC(Cc1c(I)c(N)c(I)c(N)c1I)OC(C)=O. The van der Waals surface area contributed by atoms with E-state index >= 15 is 0 Å². The molecule has 0 saturated carbocycles. The molecule has 122 valence electrons. The average Bonchev–Trinajstić information content (AvgIpc) is 2.44. The molecule has 1 aromatic rings. The van der Waals surface area contributed by atoms with Crippen LogP contribution in [0.25, 0.3) is 0 Å². The van der Waals surface area contributed by atoms with Crippen molar-refractivity contribution >= 4 is 91.1 Å². The Morgan fingerprint density at radius 2 is 1.50 bits per heavy atom. The summed E-state index contributed by atoms with van der Waals surface area (Å²) in [6, 6.07) is 0. The molecule has 9 heteroatoms. The molecule has 0 aliphatic carbocycles. The Balaban J connectivity index is 3.12. The first-order valence-electron chi connectivity index (χ1n) is 6.16. The van der Waals surface area contributed by atoms with Gasteiger partial charge in [0.25, 0.3) is 0 Å². The molecule has 0 aliphatic heterocycles. The van der Waals surface area contributed by atoms with Crippen LogP contribution in [0.5, 0.6) is 0 Å². The summed E-state index contributed by atoms with van der Waals surface area (Å²) in [6.07, 6.45) is -0.211. The number of ether oxygens (including phenoxy) is 2. The van der Waals surface area contributed by atoms with Crippen molar-refractivity contribution in [3.05, 3.63) is 16.3 Å². The van der Waals surface area contributed by atoms with Gasteiger partial charge in [-0.3, -0.25) is 9.59 Å². The third-order valence-corrected chi connectivity index (χ3v) is 6.34. The van der Waals surface area contributed by atoms with Gasteiger partial charge in [0, 0.05) is 27.4 Å². The maximum absolute atomic E-state index is 11.2. The molecule has 1 unspecified atom stereocenters. The first-order chi connectivity index (χ1) is 10.1. The molecule has 6 nitrogen and oxygen atoms in total. The molecule has 1 aromatic carbocycles. The van der Waals surface area contributed by atoms with E-state index in [-0.39, 0.29) is 6.61 Å². The lowest BCUT2D eigenvalue weighted by Gasteiger charge is -2.20. The van der Waals surface area contributed by atoms with Crippen LogP contribution in [-0.4, -0.2) is 24.6 Å². The van der Waals surface area contributed by atoms with E-state index < -0.39 is 18.0 Å². The number of carbonyl (C=O) groups is 2. The molecule has 22 heavy (non-hydrogen) atoms. The van der Waals surface area contributed by atoms with Crippen molar-refractivity contribution in [1.29, 1.82) is 0 Å². The van der Waals surface area contributed by atoms with Crippen molar-refractivity contribution in [2.24, 2.45) is 0 Å². The van der Waals surface area contributed by atoms with E-state index in [2.05, 4.69) is 67.8 Å². The predicted molar refractivity (Wildman–Crippen MR) is 109 cm³/mol. The summed E-state index contributed by atoms with van der Waals surface area (Å²) in [7, 11) is 0. The lowest BCUT2D eigenvalue weighted by Crippen LogP contribution is -2.27. The number of benzene rings is 1. The quantitative estimate of drug-likeness (QED) is 0.291. The fourth-order valence-corrected chi connectivity index (χ4v) is 5.35. The van der Waals surface area contributed by atoms with Gasteiger partial charge in [0.1, 0.15) is 12.7 Å². The maximum Gasteiger partial charge on any atom is 0.303 e.